The van der Waals surface area contributed by atoms with Crippen molar-refractivity contribution in [2.45, 2.75) is 6.10 Å². The first kappa shape index (κ1) is 14.3. The fraction of sp³-hybridized carbons (Fsp3) is 0.400. The second kappa shape index (κ2) is 6.01. The van der Waals surface area contributed by atoms with Gasteiger partial charge >= 0.3 is 5.97 Å². The number of carbonyl (C=O) groups is 1. The summed E-state index contributed by atoms with van der Waals surface area (Å²) in [5.74, 6) is -0.299. The van der Waals surface area contributed by atoms with Crippen molar-refractivity contribution >= 4 is 33.1 Å². The van der Waals surface area contributed by atoms with Crippen LogP contribution in [-0.4, -0.2) is 50.3 Å². The molecule has 1 unspecified atom stereocenters. The molecule has 112 valence electrons. The van der Waals surface area contributed by atoms with Crippen LogP contribution in [0.5, 0.6) is 0 Å². The number of benzene rings is 1. The second-order valence-corrected chi connectivity index (χ2v) is 6.35. The van der Waals surface area contributed by atoms with Gasteiger partial charge in [0.2, 0.25) is 0 Å². The molecule has 0 radical (unpaired) electrons. The number of morpholine rings is 1. The molecule has 6 heteroatoms. The van der Waals surface area contributed by atoms with Crippen molar-refractivity contribution in [3.8, 4) is 0 Å². The molecule has 1 aromatic carbocycles. The predicted molar refractivity (Wildman–Crippen MR) is 83.8 cm³/mol. The molecule has 0 spiro atoms. The van der Waals surface area contributed by atoms with Crippen LogP contribution in [-0.2, 0) is 9.47 Å². The summed E-state index contributed by atoms with van der Waals surface area (Å²) in [5.41, 5.74) is 6.44. The van der Waals surface area contributed by atoms with Gasteiger partial charge in [-0.3, -0.25) is 0 Å². The highest BCUT2D eigenvalue weighted by molar-refractivity contribution is 7.20. The number of likely N-dealkylation sites (N-methyl/N-ethyl adjacent to an activating group) is 1. The summed E-state index contributed by atoms with van der Waals surface area (Å²) in [7, 11) is 2.04. The SMILES string of the molecule is CN1CCOC(COC(=O)c2cc3cc(N)ccc3s2)C1. The molecule has 2 heterocycles. The van der Waals surface area contributed by atoms with Gasteiger partial charge in [-0.05, 0) is 36.7 Å². The quantitative estimate of drug-likeness (QED) is 0.694. The van der Waals surface area contributed by atoms with E-state index >= 15 is 0 Å². The zero-order valence-electron chi connectivity index (χ0n) is 11.9. The molecule has 1 saturated heterocycles. The Labute approximate surface area is 127 Å². The first-order valence-electron chi connectivity index (χ1n) is 6.88. The van der Waals surface area contributed by atoms with E-state index in [9.17, 15) is 4.79 Å². The van der Waals surface area contributed by atoms with Gasteiger partial charge in [-0.15, -0.1) is 11.3 Å². The van der Waals surface area contributed by atoms with Crippen molar-refractivity contribution in [2.75, 3.05) is 39.1 Å². The second-order valence-electron chi connectivity index (χ2n) is 5.26. The molecular formula is C15H18N2O3S. The van der Waals surface area contributed by atoms with Crippen molar-refractivity contribution in [1.82, 2.24) is 4.90 Å². The van der Waals surface area contributed by atoms with Gasteiger partial charge in [-0.2, -0.15) is 0 Å². The molecule has 0 amide bonds. The molecule has 1 fully saturated rings. The van der Waals surface area contributed by atoms with Crippen molar-refractivity contribution in [3.05, 3.63) is 29.1 Å². The minimum Gasteiger partial charge on any atom is -0.459 e. The predicted octanol–water partition coefficient (Wildman–Crippen LogP) is 1.97. The number of esters is 1. The van der Waals surface area contributed by atoms with Crippen LogP contribution in [0.25, 0.3) is 10.1 Å². The Kier molecular flexibility index (Phi) is 4.10. The number of rotatable bonds is 3. The van der Waals surface area contributed by atoms with E-state index in [4.69, 9.17) is 15.2 Å². The highest BCUT2D eigenvalue weighted by Crippen LogP contribution is 2.27. The van der Waals surface area contributed by atoms with Gasteiger partial charge in [0, 0.05) is 23.5 Å². The zero-order chi connectivity index (χ0) is 14.8. The van der Waals surface area contributed by atoms with Gasteiger partial charge in [0.25, 0.3) is 0 Å². The largest absolute Gasteiger partial charge is 0.459 e. The summed E-state index contributed by atoms with van der Waals surface area (Å²) in [6.45, 7) is 2.68. The summed E-state index contributed by atoms with van der Waals surface area (Å²) in [6, 6.07) is 7.44. The van der Waals surface area contributed by atoms with E-state index in [-0.39, 0.29) is 12.1 Å². The smallest absolute Gasteiger partial charge is 0.348 e. The van der Waals surface area contributed by atoms with Crippen LogP contribution in [0.4, 0.5) is 5.69 Å². The average molecular weight is 306 g/mol. The highest BCUT2D eigenvalue weighted by Gasteiger charge is 2.20. The lowest BCUT2D eigenvalue weighted by atomic mass is 10.2. The van der Waals surface area contributed by atoms with Crippen molar-refractivity contribution < 1.29 is 14.3 Å². The molecule has 2 N–H and O–H groups in total. The number of nitrogens with zero attached hydrogens (tertiary/aromatic N) is 1. The van der Waals surface area contributed by atoms with Gasteiger partial charge in [0.1, 0.15) is 17.6 Å². The van der Waals surface area contributed by atoms with Gasteiger partial charge in [-0.25, -0.2) is 4.79 Å². The number of ether oxygens (including phenoxy) is 2. The van der Waals surface area contributed by atoms with Crippen LogP contribution in [0, 0.1) is 0 Å². The Morgan fingerprint density at radius 1 is 1.52 bits per heavy atom. The lowest BCUT2D eigenvalue weighted by Crippen LogP contribution is -2.42. The Hall–Kier alpha value is -1.63. The fourth-order valence-corrected chi connectivity index (χ4v) is 3.31. The van der Waals surface area contributed by atoms with Crippen LogP contribution in [0.1, 0.15) is 9.67 Å². The summed E-state index contributed by atoms with van der Waals surface area (Å²) < 4.78 is 12.0. The van der Waals surface area contributed by atoms with E-state index < -0.39 is 0 Å². The van der Waals surface area contributed by atoms with E-state index in [1.54, 1.807) is 0 Å². The summed E-state index contributed by atoms with van der Waals surface area (Å²) in [6.07, 6.45) is -0.0438. The molecule has 5 nitrogen and oxygen atoms in total. The maximum atomic E-state index is 12.1. The number of carbonyl (C=O) groups excluding carboxylic acids is 1. The molecule has 0 aliphatic carbocycles. The molecule has 1 aliphatic heterocycles. The third-order valence-electron chi connectivity index (χ3n) is 3.48. The number of hydrogen-bond acceptors (Lipinski definition) is 6. The lowest BCUT2D eigenvalue weighted by molar-refractivity contribution is -0.0527. The molecule has 0 bridgehead atoms. The molecule has 2 aromatic rings. The van der Waals surface area contributed by atoms with Gasteiger partial charge in [0.05, 0.1) is 6.61 Å². The highest BCUT2D eigenvalue weighted by atomic mass is 32.1. The maximum Gasteiger partial charge on any atom is 0.348 e. The minimum absolute atomic E-state index is 0.0438. The number of fused-ring (bicyclic) bond motifs is 1. The van der Waals surface area contributed by atoms with Crippen LogP contribution in [0.3, 0.4) is 0 Å². The molecule has 1 aliphatic rings. The first-order valence-corrected chi connectivity index (χ1v) is 7.70. The van der Waals surface area contributed by atoms with E-state index in [1.165, 1.54) is 11.3 Å². The third-order valence-corrected chi connectivity index (χ3v) is 4.58. The molecule has 0 saturated carbocycles. The molecule has 1 atom stereocenters. The molecule has 1 aromatic heterocycles. The number of hydrogen-bond donors (Lipinski definition) is 1. The van der Waals surface area contributed by atoms with E-state index in [0.29, 0.717) is 23.8 Å². The third kappa shape index (κ3) is 3.34. The topological polar surface area (TPSA) is 64.8 Å². The fourth-order valence-electron chi connectivity index (χ4n) is 2.37. The Balaban J connectivity index is 1.63. The number of nitrogen functional groups attached to an aromatic ring is 1. The monoisotopic (exact) mass is 306 g/mol. The van der Waals surface area contributed by atoms with E-state index in [0.717, 1.165) is 23.2 Å². The Morgan fingerprint density at radius 3 is 3.19 bits per heavy atom. The first-order chi connectivity index (χ1) is 10.1. The Morgan fingerprint density at radius 2 is 2.38 bits per heavy atom. The van der Waals surface area contributed by atoms with Crippen LogP contribution in [0.15, 0.2) is 24.3 Å². The number of thiophene rings is 1. The maximum absolute atomic E-state index is 12.1. The summed E-state index contributed by atoms with van der Waals surface area (Å²) in [4.78, 5) is 14.9. The van der Waals surface area contributed by atoms with Gasteiger partial charge in [0.15, 0.2) is 0 Å². The van der Waals surface area contributed by atoms with E-state index in [2.05, 4.69) is 4.90 Å². The standard InChI is InChI=1S/C15H18N2O3S/c1-17-4-5-19-12(8-17)9-20-15(18)14-7-10-6-11(16)2-3-13(10)21-14/h2-3,6-7,12H,4-5,8-9,16H2,1H3. The summed E-state index contributed by atoms with van der Waals surface area (Å²) >= 11 is 1.42. The van der Waals surface area contributed by atoms with Crippen LogP contribution in [0.2, 0.25) is 0 Å². The van der Waals surface area contributed by atoms with Gasteiger partial charge < -0.3 is 20.1 Å². The molecule has 3 rings (SSSR count). The van der Waals surface area contributed by atoms with E-state index in [1.807, 2.05) is 31.3 Å². The van der Waals surface area contributed by atoms with Crippen molar-refractivity contribution in [1.29, 1.82) is 0 Å². The summed E-state index contributed by atoms with van der Waals surface area (Å²) in [5, 5.41) is 0.973. The molecule has 21 heavy (non-hydrogen) atoms. The van der Waals surface area contributed by atoms with Crippen molar-refractivity contribution in [2.24, 2.45) is 0 Å². The normalized spacial score (nSPS) is 19.8. The number of anilines is 1. The number of nitrogens with two attached hydrogens (primary N) is 1. The van der Waals surface area contributed by atoms with Crippen LogP contribution >= 0.6 is 11.3 Å². The molecular weight excluding hydrogens is 288 g/mol. The lowest BCUT2D eigenvalue weighted by Gasteiger charge is -2.29. The van der Waals surface area contributed by atoms with Crippen LogP contribution < -0.4 is 5.73 Å². The van der Waals surface area contributed by atoms with Crippen molar-refractivity contribution in [3.63, 3.8) is 0 Å². The van der Waals surface area contributed by atoms with Gasteiger partial charge in [-0.1, -0.05) is 0 Å². The Bertz CT molecular complexity index is 655. The average Bonchev–Trinajstić information content (AvgIpc) is 2.88. The minimum atomic E-state index is -0.299. The zero-order valence-corrected chi connectivity index (χ0v) is 12.7.